The Morgan fingerprint density at radius 3 is 2.46 bits per heavy atom. The zero-order valence-electron chi connectivity index (χ0n) is 14.3. The van der Waals surface area contributed by atoms with E-state index in [0.29, 0.717) is 26.6 Å². The number of hydrogen-bond acceptors (Lipinski definition) is 5. The predicted octanol–water partition coefficient (Wildman–Crippen LogP) is 3.59. The molecule has 28 heavy (non-hydrogen) atoms. The molecule has 0 heterocycles. The van der Waals surface area contributed by atoms with Gasteiger partial charge in [-0.1, -0.05) is 27.5 Å². The summed E-state index contributed by atoms with van der Waals surface area (Å²) in [7, 11) is 1.52. The van der Waals surface area contributed by atoms with Gasteiger partial charge in [0.1, 0.15) is 11.5 Å². The normalized spacial score (nSPS) is 10.0. The van der Waals surface area contributed by atoms with Gasteiger partial charge in [0.25, 0.3) is 11.8 Å². The molecule has 0 bridgehead atoms. The van der Waals surface area contributed by atoms with Crippen LogP contribution in [0.5, 0.6) is 11.5 Å². The third-order valence-electron chi connectivity index (χ3n) is 3.21. The van der Waals surface area contributed by atoms with Crippen LogP contribution in [0.25, 0.3) is 0 Å². The number of amides is 2. The molecule has 148 valence electrons. The molecule has 7 nitrogen and oxygen atoms in total. The number of nitrogens with one attached hydrogen (secondary N) is 3. The molecular weight excluding hydrogens is 538 g/mol. The molecule has 0 atom stereocenters. The van der Waals surface area contributed by atoms with Crippen molar-refractivity contribution in [2.45, 2.75) is 0 Å². The SMILES string of the molecule is COc1ccc(C(=O)NC(=S)NNC(=O)COc2ccc(Br)cc2Cl)cc1Br. The van der Waals surface area contributed by atoms with Crippen LogP contribution in [-0.4, -0.2) is 30.6 Å². The quantitative estimate of drug-likeness (QED) is 0.389. The Balaban J connectivity index is 1.79. The lowest BCUT2D eigenvalue weighted by atomic mass is 10.2. The number of halogens is 3. The van der Waals surface area contributed by atoms with Crippen molar-refractivity contribution < 1.29 is 19.1 Å². The standard InChI is InChI=1S/C17H14Br2ClN3O4S/c1-26-13-4-2-9(6-11(13)19)16(25)21-17(28)23-22-15(24)8-27-14-5-3-10(18)7-12(14)20/h2-7H,8H2,1H3,(H,22,24)(H2,21,23,25,28). The molecular formula is C17H14Br2ClN3O4S. The van der Waals surface area contributed by atoms with E-state index < -0.39 is 11.8 Å². The monoisotopic (exact) mass is 549 g/mol. The van der Waals surface area contributed by atoms with Gasteiger partial charge in [0.05, 0.1) is 16.6 Å². The van der Waals surface area contributed by atoms with Gasteiger partial charge in [-0.15, -0.1) is 0 Å². The Hall–Kier alpha value is -1.88. The van der Waals surface area contributed by atoms with Crippen molar-refractivity contribution >= 4 is 72.6 Å². The summed E-state index contributed by atoms with van der Waals surface area (Å²) in [6.45, 7) is -0.295. The second-order valence-electron chi connectivity index (χ2n) is 5.17. The van der Waals surface area contributed by atoms with Gasteiger partial charge in [-0.05, 0) is 64.5 Å². The number of thiocarbonyl (C=S) groups is 1. The molecule has 0 aliphatic heterocycles. The van der Waals surface area contributed by atoms with Gasteiger partial charge in [0.15, 0.2) is 11.7 Å². The minimum absolute atomic E-state index is 0.0769. The van der Waals surface area contributed by atoms with E-state index in [1.807, 2.05) is 0 Å². The van der Waals surface area contributed by atoms with Crippen LogP contribution >= 0.6 is 55.7 Å². The van der Waals surface area contributed by atoms with Crippen LogP contribution in [0.2, 0.25) is 5.02 Å². The molecule has 2 aromatic carbocycles. The average Bonchev–Trinajstić information content (AvgIpc) is 2.65. The summed E-state index contributed by atoms with van der Waals surface area (Å²) in [6.07, 6.45) is 0. The maximum absolute atomic E-state index is 12.2. The van der Waals surface area contributed by atoms with Gasteiger partial charge in [-0.3, -0.25) is 25.8 Å². The maximum atomic E-state index is 12.2. The average molecular weight is 552 g/mol. The highest BCUT2D eigenvalue weighted by Gasteiger charge is 2.11. The molecule has 0 saturated carbocycles. The van der Waals surface area contributed by atoms with E-state index in [-0.39, 0.29) is 11.7 Å². The molecule has 0 aliphatic rings. The first kappa shape index (κ1) is 22.4. The molecule has 0 saturated heterocycles. The van der Waals surface area contributed by atoms with E-state index in [0.717, 1.165) is 4.47 Å². The van der Waals surface area contributed by atoms with Crippen LogP contribution in [-0.2, 0) is 4.79 Å². The molecule has 2 rings (SSSR count). The summed E-state index contributed by atoms with van der Waals surface area (Å²) in [5.41, 5.74) is 5.10. The molecule has 0 spiro atoms. The van der Waals surface area contributed by atoms with Crippen molar-refractivity contribution in [1.82, 2.24) is 16.2 Å². The first-order valence-electron chi connectivity index (χ1n) is 7.61. The number of carbonyl (C=O) groups excluding carboxylic acids is 2. The lowest BCUT2D eigenvalue weighted by Gasteiger charge is -2.12. The number of benzene rings is 2. The maximum Gasteiger partial charge on any atom is 0.276 e. The Morgan fingerprint density at radius 2 is 1.82 bits per heavy atom. The van der Waals surface area contributed by atoms with Gasteiger partial charge in [-0.2, -0.15) is 0 Å². The van der Waals surface area contributed by atoms with Crippen LogP contribution < -0.4 is 25.6 Å². The zero-order chi connectivity index (χ0) is 20.7. The van der Waals surface area contributed by atoms with Crippen molar-refractivity contribution in [3.8, 4) is 11.5 Å². The van der Waals surface area contributed by atoms with Gasteiger partial charge >= 0.3 is 0 Å². The zero-order valence-corrected chi connectivity index (χ0v) is 19.1. The first-order valence-corrected chi connectivity index (χ1v) is 9.99. The molecule has 0 radical (unpaired) electrons. The van der Waals surface area contributed by atoms with E-state index in [4.69, 9.17) is 33.3 Å². The summed E-state index contributed by atoms with van der Waals surface area (Å²) in [6, 6.07) is 9.82. The van der Waals surface area contributed by atoms with Gasteiger partial charge < -0.3 is 9.47 Å². The van der Waals surface area contributed by atoms with Crippen molar-refractivity contribution in [1.29, 1.82) is 0 Å². The predicted molar refractivity (Wildman–Crippen MR) is 117 cm³/mol. The highest BCUT2D eigenvalue weighted by Crippen LogP contribution is 2.27. The van der Waals surface area contributed by atoms with Crippen LogP contribution in [0, 0.1) is 0 Å². The largest absolute Gasteiger partial charge is 0.496 e. The summed E-state index contributed by atoms with van der Waals surface area (Å²) >= 11 is 17.6. The molecule has 0 fully saturated rings. The molecule has 11 heteroatoms. The Labute approximate surface area is 188 Å². The second kappa shape index (κ2) is 10.6. The lowest BCUT2D eigenvalue weighted by molar-refractivity contribution is -0.123. The number of ether oxygens (including phenoxy) is 2. The van der Waals surface area contributed by atoms with Crippen LogP contribution in [0.1, 0.15) is 10.4 Å². The minimum atomic E-state index is -0.511. The topological polar surface area (TPSA) is 88.7 Å². The Kier molecular flexibility index (Phi) is 8.49. The van der Waals surface area contributed by atoms with Crippen molar-refractivity contribution in [2.24, 2.45) is 0 Å². The Morgan fingerprint density at radius 1 is 1.11 bits per heavy atom. The number of hydrogen-bond donors (Lipinski definition) is 3. The van der Waals surface area contributed by atoms with E-state index in [2.05, 4.69) is 48.0 Å². The fourth-order valence-corrected chi connectivity index (χ4v) is 3.32. The van der Waals surface area contributed by atoms with E-state index in [1.165, 1.54) is 7.11 Å². The molecule has 0 unspecified atom stereocenters. The number of hydrazine groups is 1. The fourth-order valence-electron chi connectivity index (χ4n) is 1.91. The first-order chi connectivity index (χ1) is 13.3. The van der Waals surface area contributed by atoms with Gasteiger partial charge in [-0.25, -0.2) is 0 Å². The molecule has 2 aromatic rings. The van der Waals surface area contributed by atoms with E-state index >= 15 is 0 Å². The van der Waals surface area contributed by atoms with Crippen LogP contribution in [0.3, 0.4) is 0 Å². The second-order valence-corrected chi connectivity index (χ2v) is 7.75. The molecule has 2 amide bonds. The highest BCUT2D eigenvalue weighted by atomic mass is 79.9. The highest BCUT2D eigenvalue weighted by molar-refractivity contribution is 9.10. The van der Waals surface area contributed by atoms with Crippen molar-refractivity contribution in [3.05, 3.63) is 55.9 Å². The summed E-state index contributed by atoms with van der Waals surface area (Å²) in [5, 5.41) is 2.73. The number of rotatable bonds is 5. The lowest BCUT2D eigenvalue weighted by Crippen LogP contribution is -2.49. The molecule has 0 aliphatic carbocycles. The Bertz CT molecular complexity index is 914. The number of carbonyl (C=O) groups is 2. The van der Waals surface area contributed by atoms with Crippen molar-refractivity contribution in [2.75, 3.05) is 13.7 Å². The van der Waals surface area contributed by atoms with Crippen LogP contribution in [0.15, 0.2) is 45.3 Å². The van der Waals surface area contributed by atoms with E-state index in [1.54, 1.807) is 36.4 Å². The summed E-state index contributed by atoms with van der Waals surface area (Å²) in [5.74, 6) is -0.00727. The van der Waals surface area contributed by atoms with Crippen molar-refractivity contribution in [3.63, 3.8) is 0 Å². The fraction of sp³-hybridized carbons (Fsp3) is 0.118. The van der Waals surface area contributed by atoms with Gasteiger partial charge in [0.2, 0.25) is 0 Å². The van der Waals surface area contributed by atoms with E-state index in [9.17, 15) is 9.59 Å². The smallest absolute Gasteiger partial charge is 0.276 e. The molecule has 3 N–H and O–H groups in total. The third kappa shape index (κ3) is 6.62. The number of methoxy groups -OCH3 is 1. The minimum Gasteiger partial charge on any atom is -0.496 e. The third-order valence-corrected chi connectivity index (χ3v) is 4.82. The summed E-state index contributed by atoms with van der Waals surface area (Å²) < 4.78 is 11.8. The molecule has 0 aromatic heterocycles. The van der Waals surface area contributed by atoms with Gasteiger partial charge in [0, 0.05) is 10.0 Å². The summed E-state index contributed by atoms with van der Waals surface area (Å²) in [4.78, 5) is 24.0. The van der Waals surface area contributed by atoms with Crippen LogP contribution in [0.4, 0.5) is 0 Å².